The molecule has 1 aliphatic heterocycles. The second kappa shape index (κ2) is 3.81. The van der Waals surface area contributed by atoms with E-state index in [0.717, 1.165) is 40.7 Å². The summed E-state index contributed by atoms with van der Waals surface area (Å²) >= 11 is 3.41. The first-order chi connectivity index (χ1) is 7.75. The van der Waals surface area contributed by atoms with Crippen molar-refractivity contribution < 1.29 is 4.79 Å². The van der Waals surface area contributed by atoms with Crippen molar-refractivity contribution in [3.8, 4) is 0 Å². The van der Waals surface area contributed by atoms with Crippen LogP contribution in [0, 0.1) is 5.92 Å². The first-order valence-corrected chi connectivity index (χ1v) is 6.46. The zero-order valence-electron chi connectivity index (χ0n) is 8.87. The van der Waals surface area contributed by atoms with E-state index in [1.165, 1.54) is 6.42 Å². The third-order valence-electron chi connectivity index (χ3n) is 3.38. The molecule has 1 saturated carbocycles. The third-order valence-corrected chi connectivity index (χ3v) is 3.88. The summed E-state index contributed by atoms with van der Waals surface area (Å²) < 4.78 is 0.953. The minimum atomic E-state index is 0.0653. The average Bonchev–Trinajstić information content (AvgIpc) is 2.31. The van der Waals surface area contributed by atoms with Gasteiger partial charge in [-0.3, -0.25) is 9.79 Å². The van der Waals surface area contributed by atoms with E-state index in [1.54, 1.807) is 0 Å². The molecule has 2 nitrogen and oxygen atoms in total. The average molecular weight is 278 g/mol. The number of hydrogen-bond donors (Lipinski definition) is 0. The molecule has 1 aliphatic carbocycles. The maximum absolute atomic E-state index is 12.3. The summed E-state index contributed by atoms with van der Waals surface area (Å²) in [6, 6.07) is 5.76. The van der Waals surface area contributed by atoms with E-state index in [0.29, 0.717) is 0 Å². The number of rotatable bonds is 0. The van der Waals surface area contributed by atoms with Crippen LogP contribution in [-0.4, -0.2) is 11.5 Å². The molecule has 1 aromatic carbocycles. The molecule has 0 saturated heterocycles. The number of ketones is 1. The monoisotopic (exact) mass is 277 g/mol. The standard InChI is InChI=1S/C13H12BrNO/c14-8-5-6-12-10(7-8)13(16)9-3-1-2-4-11(9)15-12/h5-7,9H,1-4H2. The Morgan fingerprint density at radius 1 is 1.31 bits per heavy atom. The molecule has 1 atom stereocenters. The molecule has 1 aromatic rings. The smallest absolute Gasteiger partial charge is 0.173 e. The molecule has 1 heterocycles. The van der Waals surface area contributed by atoms with Crippen molar-refractivity contribution in [2.24, 2.45) is 10.9 Å². The molecule has 0 radical (unpaired) electrons. The summed E-state index contributed by atoms with van der Waals surface area (Å²) in [4.78, 5) is 16.9. The Hall–Kier alpha value is -0.960. The van der Waals surface area contributed by atoms with Gasteiger partial charge < -0.3 is 0 Å². The zero-order chi connectivity index (χ0) is 11.1. The number of Topliss-reactive ketones (excluding diaryl/α,β-unsaturated/α-hetero) is 1. The van der Waals surface area contributed by atoms with Gasteiger partial charge in [-0.1, -0.05) is 22.4 Å². The highest BCUT2D eigenvalue weighted by Crippen LogP contribution is 2.36. The highest BCUT2D eigenvalue weighted by atomic mass is 79.9. The van der Waals surface area contributed by atoms with Gasteiger partial charge >= 0.3 is 0 Å². The topological polar surface area (TPSA) is 29.4 Å². The minimum Gasteiger partial charge on any atom is -0.293 e. The summed E-state index contributed by atoms with van der Waals surface area (Å²) in [5, 5.41) is 0. The van der Waals surface area contributed by atoms with Crippen molar-refractivity contribution in [2.45, 2.75) is 25.7 Å². The molecule has 0 spiro atoms. The summed E-state index contributed by atoms with van der Waals surface area (Å²) in [5.41, 5.74) is 2.73. The van der Waals surface area contributed by atoms with E-state index in [-0.39, 0.29) is 11.7 Å². The molecule has 0 aromatic heterocycles. The van der Waals surface area contributed by atoms with Gasteiger partial charge in [-0.2, -0.15) is 0 Å². The number of carbonyl (C=O) groups excluding carboxylic acids is 1. The van der Waals surface area contributed by atoms with Crippen molar-refractivity contribution in [2.75, 3.05) is 0 Å². The number of carbonyl (C=O) groups is 1. The largest absolute Gasteiger partial charge is 0.293 e. The lowest BCUT2D eigenvalue weighted by atomic mass is 9.80. The fraction of sp³-hybridized carbons (Fsp3) is 0.385. The SMILES string of the molecule is O=C1c2cc(Br)ccc2N=C2CCCCC12. The predicted molar refractivity (Wildman–Crippen MR) is 67.5 cm³/mol. The van der Waals surface area contributed by atoms with E-state index in [1.807, 2.05) is 18.2 Å². The van der Waals surface area contributed by atoms with Crippen LogP contribution in [0.15, 0.2) is 27.7 Å². The van der Waals surface area contributed by atoms with Crippen LogP contribution < -0.4 is 0 Å². The van der Waals surface area contributed by atoms with Gasteiger partial charge in [-0.25, -0.2) is 0 Å². The highest BCUT2D eigenvalue weighted by Gasteiger charge is 2.32. The van der Waals surface area contributed by atoms with Crippen LogP contribution in [0.3, 0.4) is 0 Å². The van der Waals surface area contributed by atoms with Crippen LogP contribution in [0.4, 0.5) is 5.69 Å². The normalized spacial score (nSPS) is 23.4. The molecular weight excluding hydrogens is 266 g/mol. The predicted octanol–water partition coefficient (Wildman–Crippen LogP) is 3.91. The molecule has 0 amide bonds. The van der Waals surface area contributed by atoms with Crippen LogP contribution in [0.25, 0.3) is 0 Å². The van der Waals surface area contributed by atoms with Gasteiger partial charge in [-0.05, 0) is 37.5 Å². The fourth-order valence-electron chi connectivity index (χ4n) is 2.56. The van der Waals surface area contributed by atoms with E-state index in [9.17, 15) is 4.79 Å². The first-order valence-electron chi connectivity index (χ1n) is 5.67. The van der Waals surface area contributed by atoms with E-state index >= 15 is 0 Å². The number of halogens is 1. The number of hydrogen-bond acceptors (Lipinski definition) is 2. The second-order valence-corrected chi connectivity index (χ2v) is 5.34. The Morgan fingerprint density at radius 3 is 3.06 bits per heavy atom. The van der Waals surface area contributed by atoms with Gasteiger partial charge in [0.25, 0.3) is 0 Å². The molecule has 3 rings (SSSR count). The van der Waals surface area contributed by atoms with Crippen LogP contribution in [0.5, 0.6) is 0 Å². The molecule has 0 N–H and O–H groups in total. The van der Waals surface area contributed by atoms with Crippen molar-refractivity contribution in [3.05, 3.63) is 28.2 Å². The fourth-order valence-corrected chi connectivity index (χ4v) is 2.92. The molecule has 1 unspecified atom stereocenters. The van der Waals surface area contributed by atoms with Crippen molar-refractivity contribution >= 4 is 33.1 Å². The van der Waals surface area contributed by atoms with Gasteiger partial charge in [0.1, 0.15) is 0 Å². The van der Waals surface area contributed by atoms with Crippen LogP contribution in [-0.2, 0) is 0 Å². The van der Waals surface area contributed by atoms with Crippen LogP contribution in [0.2, 0.25) is 0 Å². The second-order valence-electron chi connectivity index (χ2n) is 4.43. The lowest BCUT2D eigenvalue weighted by Gasteiger charge is -2.27. The molecule has 16 heavy (non-hydrogen) atoms. The number of aliphatic imine (C=N–C) groups is 1. The summed E-state index contributed by atoms with van der Waals surface area (Å²) in [6.45, 7) is 0. The van der Waals surface area contributed by atoms with Gasteiger partial charge in [-0.15, -0.1) is 0 Å². The summed E-state index contributed by atoms with van der Waals surface area (Å²) in [6.07, 6.45) is 4.29. The van der Waals surface area contributed by atoms with Crippen molar-refractivity contribution in [3.63, 3.8) is 0 Å². The number of fused-ring (bicyclic) bond motifs is 2. The lowest BCUT2D eigenvalue weighted by molar-refractivity contribution is 0.0942. The van der Waals surface area contributed by atoms with Gasteiger partial charge in [0, 0.05) is 15.7 Å². The number of nitrogens with zero attached hydrogens (tertiary/aromatic N) is 1. The van der Waals surface area contributed by atoms with Crippen LogP contribution >= 0.6 is 15.9 Å². The summed E-state index contributed by atoms with van der Waals surface area (Å²) in [5.74, 6) is 0.330. The molecule has 1 fully saturated rings. The maximum Gasteiger partial charge on any atom is 0.173 e. The highest BCUT2D eigenvalue weighted by molar-refractivity contribution is 9.10. The maximum atomic E-state index is 12.3. The Balaban J connectivity index is 2.13. The molecular formula is C13H12BrNO. The molecule has 3 heteroatoms. The van der Waals surface area contributed by atoms with E-state index < -0.39 is 0 Å². The Kier molecular flexibility index (Phi) is 2.43. The van der Waals surface area contributed by atoms with Crippen molar-refractivity contribution in [1.82, 2.24) is 0 Å². The van der Waals surface area contributed by atoms with Crippen molar-refractivity contribution in [1.29, 1.82) is 0 Å². The third kappa shape index (κ3) is 1.54. The van der Waals surface area contributed by atoms with E-state index in [4.69, 9.17) is 0 Å². The lowest BCUT2D eigenvalue weighted by Crippen LogP contribution is -2.30. The van der Waals surface area contributed by atoms with Gasteiger partial charge in [0.2, 0.25) is 0 Å². The van der Waals surface area contributed by atoms with Crippen LogP contribution in [0.1, 0.15) is 36.0 Å². The Bertz CT molecular complexity index is 493. The molecule has 0 bridgehead atoms. The van der Waals surface area contributed by atoms with E-state index in [2.05, 4.69) is 20.9 Å². The molecule has 2 aliphatic rings. The zero-order valence-corrected chi connectivity index (χ0v) is 10.5. The minimum absolute atomic E-state index is 0.0653. The van der Waals surface area contributed by atoms with Gasteiger partial charge in [0.05, 0.1) is 11.6 Å². The van der Waals surface area contributed by atoms with Gasteiger partial charge in [0.15, 0.2) is 5.78 Å². The summed E-state index contributed by atoms with van der Waals surface area (Å²) in [7, 11) is 0. The Morgan fingerprint density at radius 2 is 2.19 bits per heavy atom. The number of benzene rings is 1. The molecule has 82 valence electrons. The quantitative estimate of drug-likeness (QED) is 0.707. The Labute approximate surface area is 103 Å². The first kappa shape index (κ1) is 10.2.